The molecule has 1 atom stereocenters. The molecule has 0 N–H and O–H groups in total. The van der Waals surface area contributed by atoms with Crippen molar-refractivity contribution in [2.75, 3.05) is 13.1 Å². The van der Waals surface area contributed by atoms with Gasteiger partial charge in [-0.05, 0) is 19.8 Å². The van der Waals surface area contributed by atoms with Gasteiger partial charge in [-0.25, -0.2) is 4.98 Å². The lowest BCUT2D eigenvalue weighted by Gasteiger charge is -2.33. The van der Waals surface area contributed by atoms with E-state index in [0.29, 0.717) is 5.92 Å². The van der Waals surface area contributed by atoms with Gasteiger partial charge in [-0.2, -0.15) is 0 Å². The number of amides is 1. The van der Waals surface area contributed by atoms with Crippen molar-refractivity contribution >= 4 is 17.2 Å². The molecule has 0 saturated carbocycles. The Kier molecular flexibility index (Phi) is 3.82. The van der Waals surface area contributed by atoms with Crippen LogP contribution >= 0.6 is 11.3 Å². The van der Waals surface area contributed by atoms with Crippen LogP contribution in [-0.4, -0.2) is 28.9 Å². The number of carbonyl (C=O) groups is 1. The molecular formula is C13H20N2OS. The molecule has 1 amide bonds. The maximum atomic E-state index is 12.0. The van der Waals surface area contributed by atoms with Gasteiger partial charge in [-0.3, -0.25) is 4.79 Å². The molecule has 0 bridgehead atoms. The van der Waals surface area contributed by atoms with E-state index in [9.17, 15) is 4.79 Å². The van der Waals surface area contributed by atoms with Gasteiger partial charge in [0.25, 0.3) is 0 Å². The lowest BCUT2D eigenvalue weighted by atomic mass is 9.97. The van der Waals surface area contributed by atoms with Crippen LogP contribution in [-0.2, 0) is 4.79 Å². The maximum absolute atomic E-state index is 12.0. The Hall–Kier alpha value is -0.900. The van der Waals surface area contributed by atoms with Gasteiger partial charge in [-0.15, -0.1) is 11.3 Å². The fourth-order valence-corrected chi connectivity index (χ4v) is 3.23. The van der Waals surface area contributed by atoms with Crippen molar-refractivity contribution in [3.63, 3.8) is 0 Å². The smallest absolute Gasteiger partial charge is 0.225 e. The SMILES string of the molecule is Cc1csc(C2CCCN(C(=O)C(C)C)C2)n1. The van der Waals surface area contributed by atoms with E-state index in [0.717, 1.165) is 31.6 Å². The number of hydrogen-bond acceptors (Lipinski definition) is 3. The minimum Gasteiger partial charge on any atom is -0.342 e. The summed E-state index contributed by atoms with van der Waals surface area (Å²) in [5.41, 5.74) is 1.09. The Morgan fingerprint density at radius 3 is 2.94 bits per heavy atom. The van der Waals surface area contributed by atoms with Crippen LogP contribution in [0.4, 0.5) is 0 Å². The van der Waals surface area contributed by atoms with Crippen LogP contribution in [0.2, 0.25) is 0 Å². The Balaban J connectivity index is 2.04. The van der Waals surface area contributed by atoms with E-state index in [2.05, 4.69) is 10.4 Å². The molecule has 0 spiro atoms. The predicted octanol–water partition coefficient (Wildman–Crippen LogP) is 2.81. The van der Waals surface area contributed by atoms with Crippen molar-refractivity contribution in [1.82, 2.24) is 9.88 Å². The molecule has 1 aromatic rings. The van der Waals surface area contributed by atoms with Crippen LogP contribution in [0.15, 0.2) is 5.38 Å². The Labute approximate surface area is 107 Å². The quantitative estimate of drug-likeness (QED) is 0.811. The van der Waals surface area contributed by atoms with Gasteiger partial charge < -0.3 is 4.90 Å². The zero-order valence-electron chi connectivity index (χ0n) is 10.8. The monoisotopic (exact) mass is 252 g/mol. The molecule has 0 radical (unpaired) electrons. The molecule has 0 aromatic carbocycles. The summed E-state index contributed by atoms with van der Waals surface area (Å²) in [5.74, 6) is 0.833. The van der Waals surface area contributed by atoms with E-state index in [-0.39, 0.29) is 11.8 Å². The molecule has 1 aromatic heterocycles. The van der Waals surface area contributed by atoms with E-state index in [1.165, 1.54) is 5.01 Å². The second-order valence-electron chi connectivity index (χ2n) is 5.11. The fourth-order valence-electron chi connectivity index (χ4n) is 2.30. The molecule has 1 unspecified atom stereocenters. The van der Waals surface area contributed by atoms with E-state index in [4.69, 9.17) is 0 Å². The molecule has 4 heteroatoms. The largest absolute Gasteiger partial charge is 0.342 e. The van der Waals surface area contributed by atoms with Gasteiger partial charge in [0, 0.05) is 36.0 Å². The van der Waals surface area contributed by atoms with E-state index < -0.39 is 0 Å². The second kappa shape index (κ2) is 5.17. The molecule has 94 valence electrons. The first-order valence-corrected chi connectivity index (χ1v) is 7.16. The summed E-state index contributed by atoms with van der Waals surface area (Å²) in [5, 5.41) is 3.29. The zero-order chi connectivity index (χ0) is 12.4. The topological polar surface area (TPSA) is 33.2 Å². The number of rotatable bonds is 2. The third kappa shape index (κ3) is 2.86. The third-order valence-electron chi connectivity index (χ3n) is 3.21. The Morgan fingerprint density at radius 1 is 1.59 bits per heavy atom. The van der Waals surface area contributed by atoms with Crippen molar-refractivity contribution in [2.24, 2.45) is 5.92 Å². The van der Waals surface area contributed by atoms with Crippen molar-refractivity contribution in [2.45, 2.75) is 39.5 Å². The molecule has 1 aliphatic rings. The molecule has 0 aliphatic carbocycles. The Bertz CT molecular complexity index is 400. The van der Waals surface area contributed by atoms with Crippen LogP contribution in [0.1, 0.15) is 43.3 Å². The number of carbonyl (C=O) groups excluding carboxylic acids is 1. The Morgan fingerprint density at radius 2 is 2.35 bits per heavy atom. The first-order valence-electron chi connectivity index (χ1n) is 6.28. The average molecular weight is 252 g/mol. The maximum Gasteiger partial charge on any atom is 0.225 e. The average Bonchev–Trinajstić information content (AvgIpc) is 2.75. The minimum atomic E-state index is 0.104. The highest BCUT2D eigenvalue weighted by Gasteiger charge is 2.27. The van der Waals surface area contributed by atoms with Crippen molar-refractivity contribution in [3.8, 4) is 0 Å². The number of aromatic nitrogens is 1. The summed E-state index contributed by atoms with van der Waals surface area (Å²) in [7, 11) is 0. The second-order valence-corrected chi connectivity index (χ2v) is 5.99. The number of piperidine rings is 1. The van der Waals surface area contributed by atoms with Crippen LogP contribution in [0, 0.1) is 12.8 Å². The summed E-state index contributed by atoms with van der Waals surface area (Å²) >= 11 is 1.73. The molecule has 2 rings (SSSR count). The molecule has 1 saturated heterocycles. The highest BCUT2D eigenvalue weighted by molar-refractivity contribution is 7.09. The number of likely N-dealkylation sites (tertiary alicyclic amines) is 1. The van der Waals surface area contributed by atoms with E-state index in [1.807, 2.05) is 25.7 Å². The summed E-state index contributed by atoms with van der Waals surface area (Å²) in [6, 6.07) is 0. The van der Waals surface area contributed by atoms with Crippen LogP contribution in [0.5, 0.6) is 0 Å². The minimum absolute atomic E-state index is 0.104. The summed E-state index contributed by atoms with van der Waals surface area (Å²) in [6.07, 6.45) is 2.26. The summed E-state index contributed by atoms with van der Waals surface area (Å²) < 4.78 is 0. The number of thiazole rings is 1. The normalized spacial score (nSPS) is 20.9. The first kappa shape index (κ1) is 12.6. The van der Waals surface area contributed by atoms with Crippen LogP contribution < -0.4 is 0 Å². The fraction of sp³-hybridized carbons (Fsp3) is 0.692. The number of aryl methyl sites for hydroxylation is 1. The predicted molar refractivity (Wildman–Crippen MR) is 70.2 cm³/mol. The number of nitrogens with zero attached hydrogens (tertiary/aromatic N) is 2. The third-order valence-corrected chi connectivity index (χ3v) is 4.34. The van der Waals surface area contributed by atoms with Crippen LogP contribution in [0.25, 0.3) is 0 Å². The summed E-state index contributed by atoms with van der Waals surface area (Å²) in [4.78, 5) is 18.6. The zero-order valence-corrected chi connectivity index (χ0v) is 11.6. The van der Waals surface area contributed by atoms with E-state index in [1.54, 1.807) is 11.3 Å². The number of hydrogen-bond donors (Lipinski definition) is 0. The highest BCUT2D eigenvalue weighted by atomic mass is 32.1. The van der Waals surface area contributed by atoms with Crippen molar-refractivity contribution in [3.05, 3.63) is 16.1 Å². The first-order chi connectivity index (χ1) is 8.08. The van der Waals surface area contributed by atoms with Gasteiger partial charge in [0.1, 0.15) is 0 Å². The van der Waals surface area contributed by atoms with Gasteiger partial charge in [-0.1, -0.05) is 13.8 Å². The molecular weight excluding hydrogens is 232 g/mol. The lowest BCUT2D eigenvalue weighted by Crippen LogP contribution is -2.41. The molecule has 17 heavy (non-hydrogen) atoms. The molecule has 1 aliphatic heterocycles. The van der Waals surface area contributed by atoms with Crippen molar-refractivity contribution < 1.29 is 4.79 Å². The van der Waals surface area contributed by atoms with E-state index >= 15 is 0 Å². The van der Waals surface area contributed by atoms with Gasteiger partial charge in [0.05, 0.1) is 5.01 Å². The molecule has 3 nitrogen and oxygen atoms in total. The van der Waals surface area contributed by atoms with Crippen LogP contribution in [0.3, 0.4) is 0 Å². The summed E-state index contributed by atoms with van der Waals surface area (Å²) in [6.45, 7) is 7.74. The standard InChI is InChI=1S/C13H20N2OS/c1-9(2)13(16)15-6-4-5-11(7-15)12-14-10(3)8-17-12/h8-9,11H,4-7H2,1-3H3. The molecule has 1 fully saturated rings. The van der Waals surface area contributed by atoms with Gasteiger partial charge in [0.2, 0.25) is 5.91 Å². The van der Waals surface area contributed by atoms with Gasteiger partial charge >= 0.3 is 0 Å². The lowest BCUT2D eigenvalue weighted by molar-refractivity contribution is -0.135. The highest BCUT2D eigenvalue weighted by Crippen LogP contribution is 2.29. The van der Waals surface area contributed by atoms with Crippen molar-refractivity contribution in [1.29, 1.82) is 0 Å². The van der Waals surface area contributed by atoms with Gasteiger partial charge in [0.15, 0.2) is 0 Å². The molecule has 2 heterocycles.